The summed E-state index contributed by atoms with van der Waals surface area (Å²) < 4.78 is 0. The lowest BCUT2D eigenvalue weighted by molar-refractivity contribution is -0.238. The van der Waals surface area contributed by atoms with Gasteiger partial charge in [-0.15, -0.1) is 0 Å². The Morgan fingerprint density at radius 3 is 1.56 bits per heavy atom. The summed E-state index contributed by atoms with van der Waals surface area (Å²) in [6.07, 6.45) is 13.6. The minimum atomic E-state index is -0.522. The van der Waals surface area contributed by atoms with Crippen molar-refractivity contribution in [1.82, 2.24) is 5.32 Å². The van der Waals surface area contributed by atoms with Crippen LogP contribution < -0.4 is 5.32 Å². The molecule has 8 aliphatic rings. The van der Waals surface area contributed by atoms with Crippen molar-refractivity contribution in [3.05, 3.63) is 0 Å². The number of carbonyl (C=O) groups excluding carboxylic acids is 1. The van der Waals surface area contributed by atoms with Crippen molar-refractivity contribution in [2.24, 2.45) is 45.3 Å². The first-order valence-corrected chi connectivity index (χ1v) is 11.3. The molecule has 8 aliphatic carbocycles. The van der Waals surface area contributed by atoms with Gasteiger partial charge in [0.05, 0.1) is 10.8 Å². The molecule has 0 radical (unpaired) electrons. The number of carboxylic acid groups (broad SMARTS) is 1. The average Bonchev–Trinajstić information content (AvgIpc) is 2.58. The van der Waals surface area contributed by atoms with Gasteiger partial charge < -0.3 is 10.4 Å². The predicted molar refractivity (Wildman–Crippen MR) is 101 cm³/mol. The molecule has 0 aliphatic heterocycles. The van der Waals surface area contributed by atoms with Gasteiger partial charge in [0.15, 0.2) is 0 Å². The summed E-state index contributed by atoms with van der Waals surface area (Å²) in [5, 5.41) is 13.2. The standard InChI is InChI=1S/C23H33NO3/c1-24-18(25)20-4-14-2-15(5-20)9-22(8-14,12-20)23-10-16-3-17(11-23)7-21(6-16,13-23)19(26)27/h14-17H,2-13H2,1H3,(H,24,25)(H,26,27). The van der Waals surface area contributed by atoms with E-state index >= 15 is 0 Å². The molecule has 4 heteroatoms. The van der Waals surface area contributed by atoms with Crippen molar-refractivity contribution in [2.75, 3.05) is 7.05 Å². The molecule has 0 aromatic heterocycles. The first-order valence-electron chi connectivity index (χ1n) is 11.3. The van der Waals surface area contributed by atoms with E-state index in [1.807, 2.05) is 0 Å². The highest BCUT2D eigenvalue weighted by Crippen LogP contribution is 2.78. The fraction of sp³-hybridized carbons (Fsp3) is 0.913. The third kappa shape index (κ3) is 1.95. The summed E-state index contributed by atoms with van der Waals surface area (Å²) in [4.78, 5) is 25.4. The molecule has 8 bridgehead atoms. The summed E-state index contributed by atoms with van der Waals surface area (Å²) >= 11 is 0. The number of amides is 1. The summed E-state index contributed by atoms with van der Waals surface area (Å²) in [6.45, 7) is 0. The lowest BCUT2D eigenvalue weighted by atomic mass is 9.31. The van der Waals surface area contributed by atoms with Crippen LogP contribution in [0.3, 0.4) is 0 Å². The van der Waals surface area contributed by atoms with Crippen molar-refractivity contribution >= 4 is 11.9 Å². The maximum atomic E-state index is 13.0. The molecule has 4 unspecified atom stereocenters. The summed E-state index contributed by atoms with van der Waals surface area (Å²) in [5.74, 6) is 2.37. The molecule has 0 aromatic rings. The maximum Gasteiger partial charge on any atom is 0.309 e. The Morgan fingerprint density at radius 1 is 0.741 bits per heavy atom. The number of hydrogen-bond donors (Lipinski definition) is 2. The summed E-state index contributed by atoms with van der Waals surface area (Å²) in [5.41, 5.74) is -0.166. The van der Waals surface area contributed by atoms with Crippen LogP contribution in [0.1, 0.15) is 77.0 Å². The number of carbonyl (C=O) groups is 2. The second-order valence-electron chi connectivity index (χ2n) is 11.9. The second kappa shape index (κ2) is 4.91. The third-order valence-corrected chi connectivity index (χ3v) is 10.4. The highest BCUT2D eigenvalue weighted by atomic mass is 16.4. The van der Waals surface area contributed by atoms with Crippen LogP contribution in [0.15, 0.2) is 0 Å². The van der Waals surface area contributed by atoms with E-state index < -0.39 is 11.4 Å². The Balaban J connectivity index is 1.45. The van der Waals surface area contributed by atoms with Gasteiger partial charge in [-0.05, 0) is 112 Å². The van der Waals surface area contributed by atoms with Gasteiger partial charge in [-0.1, -0.05) is 0 Å². The quantitative estimate of drug-likeness (QED) is 0.788. The van der Waals surface area contributed by atoms with E-state index in [4.69, 9.17) is 0 Å². The predicted octanol–water partition coefficient (Wildman–Crippen LogP) is 3.99. The number of rotatable bonds is 3. The van der Waals surface area contributed by atoms with Gasteiger partial charge in [-0.2, -0.15) is 0 Å². The number of hydrogen-bond acceptors (Lipinski definition) is 2. The minimum Gasteiger partial charge on any atom is -0.481 e. The van der Waals surface area contributed by atoms with Gasteiger partial charge in [0.2, 0.25) is 5.91 Å². The monoisotopic (exact) mass is 371 g/mol. The van der Waals surface area contributed by atoms with Crippen molar-refractivity contribution in [2.45, 2.75) is 77.0 Å². The average molecular weight is 372 g/mol. The van der Waals surface area contributed by atoms with Gasteiger partial charge in [0.25, 0.3) is 0 Å². The van der Waals surface area contributed by atoms with Crippen LogP contribution in [0, 0.1) is 45.3 Å². The Bertz CT molecular complexity index is 699. The second-order valence-corrected chi connectivity index (χ2v) is 11.9. The zero-order valence-corrected chi connectivity index (χ0v) is 16.6. The zero-order valence-electron chi connectivity index (χ0n) is 16.6. The number of aliphatic carboxylic acids is 1. The van der Waals surface area contributed by atoms with E-state index in [-0.39, 0.29) is 22.2 Å². The first kappa shape index (κ1) is 16.9. The molecule has 0 heterocycles. The number of nitrogens with one attached hydrogen (secondary N) is 1. The molecule has 1 amide bonds. The zero-order chi connectivity index (χ0) is 18.7. The van der Waals surface area contributed by atoms with Gasteiger partial charge in [-0.3, -0.25) is 9.59 Å². The number of carboxylic acids is 1. The smallest absolute Gasteiger partial charge is 0.309 e. The normalized spacial score (nSPS) is 57.1. The lowest BCUT2D eigenvalue weighted by Crippen LogP contribution is -2.67. The first-order chi connectivity index (χ1) is 12.8. The van der Waals surface area contributed by atoms with Crippen molar-refractivity contribution in [3.8, 4) is 0 Å². The van der Waals surface area contributed by atoms with Gasteiger partial charge in [0.1, 0.15) is 0 Å². The van der Waals surface area contributed by atoms with Crippen molar-refractivity contribution in [1.29, 1.82) is 0 Å². The maximum absolute atomic E-state index is 13.0. The summed E-state index contributed by atoms with van der Waals surface area (Å²) in [7, 11) is 1.80. The molecule has 8 rings (SSSR count). The topological polar surface area (TPSA) is 66.4 Å². The Labute approximate surface area is 161 Å². The van der Waals surface area contributed by atoms with Crippen LogP contribution in [-0.2, 0) is 9.59 Å². The van der Waals surface area contributed by atoms with E-state index in [0.717, 1.165) is 38.5 Å². The van der Waals surface area contributed by atoms with Gasteiger partial charge >= 0.3 is 5.97 Å². The molecule has 4 nitrogen and oxygen atoms in total. The molecular weight excluding hydrogens is 338 g/mol. The molecular formula is C23H33NO3. The van der Waals surface area contributed by atoms with Crippen LogP contribution in [0.25, 0.3) is 0 Å². The largest absolute Gasteiger partial charge is 0.481 e. The van der Waals surface area contributed by atoms with E-state index in [1.165, 1.54) is 38.5 Å². The van der Waals surface area contributed by atoms with Crippen LogP contribution in [0.5, 0.6) is 0 Å². The molecule has 0 aromatic carbocycles. The molecule has 4 atom stereocenters. The van der Waals surface area contributed by atoms with E-state index in [2.05, 4.69) is 5.32 Å². The van der Waals surface area contributed by atoms with Crippen LogP contribution in [0.2, 0.25) is 0 Å². The Kier molecular flexibility index (Phi) is 3.07. The molecule has 148 valence electrons. The molecule has 0 saturated heterocycles. The minimum absolute atomic E-state index is 0.154. The van der Waals surface area contributed by atoms with Crippen molar-refractivity contribution < 1.29 is 14.7 Å². The van der Waals surface area contributed by atoms with Crippen molar-refractivity contribution in [3.63, 3.8) is 0 Å². The highest BCUT2D eigenvalue weighted by Gasteiger charge is 2.71. The van der Waals surface area contributed by atoms with Gasteiger partial charge in [0, 0.05) is 7.05 Å². The SMILES string of the molecule is CNC(=O)C12CC3CC(C1)CC(C14CC5CC(CC(C(=O)O)(C5)C1)C4)(C3)C2. The summed E-state index contributed by atoms with van der Waals surface area (Å²) in [6, 6.07) is 0. The Morgan fingerprint density at radius 2 is 1.15 bits per heavy atom. The van der Waals surface area contributed by atoms with Crippen LogP contribution in [0.4, 0.5) is 0 Å². The molecule has 8 saturated carbocycles. The van der Waals surface area contributed by atoms with E-state index in [1.54, 1.807) is 7.05 Å². The molecule has 2 N–H and O–H groups in total. The molecule has 8 fully saturated rings. The third-order valence-electron chi connectivity index (χ3n) is 10.4. The lowest BCUT2D eigenvalue weighted by Gasteiger charge is -2.73. The molecule has 27 heavy (non-hydrogen) atoms. The highest BCUT2D eigenvalue weighted by molar-refractivity contribution is 5.83. The van der Waals surface area contributed by atoms with E-state index in [9.17, 15) is 14.7 Å². The fourth-order valence-electron chi connectivity index (χ4n) is 10.5. The Hall–Kier alpha value is -1.06. The van der Waals surface area contributed by atoms with Gasteiger partial charge in [-0.25, -0.2) is 0 Å². The van der Waals surface area contributed by atoms with Crippen LogP contribution in [-0.4, -0.2) is 24.0 Å². The van der Waals surface area contributed by atoms with Crippen LogP contribution >= 0.6 is 0 Å². The van der Waals surface area contributed by atoms with E-state index in [0.29, 0.717) is 23.7 Å². The fourth-order valence-corrected chi connectivity index (χ4v) is 10.5. The molecule has 0 spiro atoms.